The van der Waals surface area contributed by atoms with Crippen LogP contribution in [0.3, 0.4) is 0 Å². The SMILES string of the molecule is CC(C)CCCN1CCC(Cl)CC1. The molecule has 0 amide bonds. The van der Waals surface area contributed by atoms with Gasteiger partial charge in [-0.1, -0.05) is 13.8 Å². The fourth-order valence-corrected chi connectivity index (χ4v) is 2.04. The first-order valence-electron chi connectivity index (χ1n) is 5.55. The highest BCUT2D eigenvalue weighted by Gasteiger charge is 2.16. The second kappa shape index (κ2) is 5.87. The van der Waals surface area contributed by atoms with Crippen molar-refractivity contribution in [2.45, 2.75) is 44.9 Å². The molecule has 78 valence electrons. The minimum absolute atomic E-state index is 0.446. The van der Waals surface area contributed by atoms with E-state index in [2.05, 4.69) is 18.7 Å². The molecule has 0 atom stereocenters. The molecule has 13 heavy (non-hydrogen) atoms. The van der Waals surface area contributed by atoms with Crippen LogP contribution < -0.4 is 0 Å². The van der Waals surface area contributed by atoms with E-state index >= 15 is 0 Å². The van der Waals surface area contributed by atoms with Gasteiger partial charge in [-0.05, 0) is 51.2 Å². The standard InChI is InChI=1S/C11H22ClN/c1-10(2)4-3-7-13-8-5-11(12)6-9-13/h10-11H,3-9H2,1-2H3. The lowest BCUT2D eigenvalue weighted by Gasteiger charge is -2.29. The van der Waals surface area contributed by atoms with Gasteiger partial charge in [0.2, 0.25) is 0 Å². The smallest absolute Gasteiger partial charge is 0.0360 e. The Bertz CT molecular complexity index is 128. The highest BCUT2D eigenvalue weighted by molar-refractivity contribution is 6.20. The first-order valence-corrected chi connectivity index (χ1v) is 5.98. The molecule has 1 aliphatic rings. The Hall–Kier alpha value is 0.250. The highest BCUT2D eigenvalue weighted by atomic mass is 35.5. The number of alkyl halides is 1. The summed E-state index contributed by atoms with van der Waals surface area (Å²) in [7, 11) is 0. The van der Waals surface area contributed by atoms with E-state index in [1.165, 1.54) is 45.3 Å². The summed E-state index contributed by atoms with van der Waals surface area (Å²) < 4.78 is 0. The monoisotopic (exact) mass is 203 g/mol. The Kier molecular flexibility index (Phi) is 5.12. The Balaban J connectivity index is 2.02. The lowest BCUT2D eigenvalue weighted by molar-refractivity contribution is 0.224. The maximum absolute atomic E-state index is 6.04. The second-order valence-electron chi connectivity index (χ2n) is 4.55. The van der Waals surface area contributed by atoms with Crippen molar-refractivity contribution < 1.29 is 0 Å². The molecule has 1 nitrogen and oxygen atoms in total. The fourth-order valence-electron chi connectivity index (χ4n) is 1.85. The summed E-state index contributed by atoms with van der Waals surface area (Å²) in [6.07, 6.45) is 5.08. The van der Waals surface area contributed by atoms with E-state index in [1.807, 2.05) is 0 Å². The van der Waals surface area contributed by atoms with E-state index in [0.29, 0.717) is 5.38 Å². The molecule has 0 N–H and O–H groups in total. The average molecular weight is 204 g/mol. The molecule has 1 saturated heterocycles. The number of hydrogen-bond acceptors (Lipinski definition) is 1. The lowest BCUT2D eigenvalue weighted by atomic mass is 10.1. The summed E-state index contributed by atoms with van der Waals surface area (Å²) >= 11 is 6.04. The van der Waals surface area contributed by atoms with Crippen molar-refractivity contribution in [3.8, 4) is 0 Å². The summed E-state index contributed by atoms with van der Waals surface area (Å²) in [6, 6.07) is 0. The molecule has 0 spiro atoms. The van der Waals surface area contributed by atoms with Gasteiger partial charge in [-0.2, -0.15) is 0 Å². The fraction of sp³-hybridized carbons (Fsp3) is 1.00. The predicted octanol–water partition coefficient (Wildman–Crippen LogP) is 3.13. The van der Waals surface area contributed by atoms with Crippen molar-refractivity contribution in [1.29, 1.82) is 0 Å². The molecule has 0 aromatic heterocycles. The molecule has 2 heteroatoms. The van der Waals surface area contributed by atoms with E-state index in [9.17, 15) is 0 Å². The molecule has 0 aliphatic carbocycles. The Morgan fingerprint density at radius 1 is 1.31 bits per heavy atom. The Morgan fingerprint density at radius 3 is 2.46 bits per heavy atom. The van der Waals surface area contributed by atoms with Crippen LogP contribution in [0.1, 0.15) is 39.5 Å². The van der Waals surface area contributed by atoms with Crippen LogP contribution >= 0.6 is 11.6 Å². The van der Waals surface area contributed by atoms with E-state index in [4.69, 9.17) is 11.6 Å². The normalized spacial score (nSPS) is 21.2. The lowest BCUT2D eigenvalue weighted by Crippen LogP contribution is -2.34. The van der Waals surface area contributed by atoms with Gasteiger partial charge >= 0.3 is 0 Å². The molecule has 0 saturated carbocycles. The van der Waals surface area contributed by atoms with Crippen molar-refractivity contribution >= 4 is 11.6 Å². The Morgan fingerprint density at radius 2 is 1.92 bits per heavy atom. The third-order valence-electron chi connectivity index (χ3n) is 2.77. The first-order chi connectivity index (χ1) is 6.18. The van der Waals surface area contributed by atoms with Gasteiger partial charge in [-0.25, -0.2) is 0 Å². The van der Waals surface area contributed by atoms with Crippen molar-refractivity contribution in [3.05, 3.63) is 0 Å². The van der Waals surface area contributed by atoms with Gasteiger partial charge < -0.3 is 4.90 Å². The third kappa shape index (κ3) is 4.87. The minimum Gasteiger partial charge on any atom is -0.303 e. The summed E-state index contributed by atoms with van der Waals surface area (Å²) in [5.41, 5.74) is 0. The van der Waals surface area contributed by atoms with Crippen LogP contribution in [0.2, 0.25) is 0 Å². The van der Waals surface area contributed by atoms with Crippen molar-refractivity contribution in [2.75, 3.05) is 19.6 Å². The number of likely N-dealkylation sites (tertiary alicyclic amines) is 1. The summed E-state index contributed by atoms with van der Waals surface area (Å²) in [5, 5.41) is 0.446. The molecule has 0 unspecified atom stereocenters. The largest absolute Gasteiger partial charge is 0.303 e. The van der Waals surface area contributed by atoms with E-state index in [0.717, 1.165) is 5.92 Å². The van der Waals surface area contributed by atoms with Gasteiger partial charge in [0.15, 0.2) is 0 Å². The van der Waals surface area contributed by atoms with Crippen LogP contribution in [-0.2, 0) is 0 Å². The molecule has 0 bridgehead atoms. The van der Waals surface area contributed by atoms with Crippen LogP contribution in [0.15, 0.2) is 0 Å². The predicted molar refractivity (Wildman–Crippen MR) is 59.4 cm³/mol. The average Bonchev–Trinajstić information content (AvgIpc) is 2.08. The van der Waals surface area contributed by atoms with E-state index < -0.39 is 0 Å². The number of halogens is 1. The topological polar surface area (TPSA) is 3.24 Å². The zero-order valence-electron chi connectivity index (χ0n) is 8.93. The maximum atomic E-state index is 6.04. The molecular formula is C11H22ClN. The number of rotatable bonds is 4. The first kappa shape index (κ1) is 11.3. The molecule has 0 aromatic rings. The minimum atomic E-state index is 0.446. The summed E-state index contributed by atoms with van der Waals surface area (Å²) in [5.74, 6) is 0.852. The van der Waals surface area contributed by atoms with Crippen molar-refractivity contribution in [2.24, 2.45) is 5.92 Å². The van der Waals surface area contributed by atoms with Gasteiger partial charge in [0.1, 0.15) is 0 Å². The van der Waals surface area contributed by atoms with Crippen LogP contribution in [0.4, 0.5) is 0 Å². The summed E-state index contributed by atoms with van der Waals surface area (Å²) in [6.45, 7) is 8.30. The Labute approximate surface area is 87.4 Å². The zero-order chi connectivity index (χ0) is 9.68. The maximum Gasteiger partial charge on any atom is 0.0360 e. The van der Waals surface area contributed by atoms with Gasteiger partial charge in [0.05, 0.1) is 0 Å². The van der Waals surface area contributed by atoms with Crippen molar-refractivity contribution in [3.63, 3.8) is 0 Å². The number of nitrogens with zero attached hydrogens (tertiary/aromatic N) is 1. The second-order valence-corrected chi connectivity index (χ2v) is 5.17. The van der Waals surface area contributed by atoms with Crippen molar-refractivity contribution in [1.82, 2.24) is 4.90 Å². The van der Waals surface area contributed by atoms with Crippen LogP contribution in [-0.4, -0.2) is 29.9 Å². The van der Waals surface area contributed by atoms with E-state index in [-0.39, 0.29) is 0 Å². The third-order valence-corrected chi connectivity index (χ3v) is 3.21. The molecule has 1 fully saturated rings. The molecular weight excluding hydrogens is 182 g/mol. The number of hydrogen-bond donors (Lipinski definition) is 0. The molecule has 1 aliphatic heterocycles. The van der Waals surface area contributed by atoms with Gasteiger partial charge in [-0.15, -0.1) is 11.6 Å². The summed E-state index contributed by atoms with van der Waals surface area (Å²) in [4.78, 5) is 2.56. The van der Waals surface area contributed by atoms with Crippen LogP contribution in [0.25, 0.3) is 0 Å². The molecule has 1 heterocycles. The zero-order valence-corrected chi connectivity index (χ0v) is 9.69. The van der Waals surface area contributed by atoms with Crippen LogP contribution in [0, 0.1) is 5.92 Å². The molecule has 0 radical (unpaired) electrons. The van der Waals surface area contributed by atoms with Gasteiger partial charge in [0, 0.05) is 5.38 Å². The number of piperidine rings is 1. The highest BCUT2D eigenvalue weighted by Crippen LogP contribution is 2.16. The van der Waals surface area contributed by atoms with Crippen LogP contribution in [0.5, 0.6) is 0 Å². The molecule has 0 aromatic carbocycles. The van der Waals surface area contributed by atoms with Gasteiger partial charge in [0.25, 0.3) is 0 Å². The quantitative estimate of drug-likeness (QED) is 0.635. The molecule has 1 rings (SSSR count). The van der Waals surface area contributed by atoms with E-state index in [1.54, 1.807) is 0 Å². The van der Waals surface area contributed by atoms with Gasteiger partial charge in [-0.3, -0.25) is 0 Å².